The Kier molecular flexibility index (Phi) is 8.05. The Morgan fingerprint density at radius 2 is 2.07 bits per heavy atom. The molecule has 1 fully saturated rings. The highest BCUT2D eigenvalue weighted by Crippen LogP contribution is 2.12. The van der Waals surface area contributed by atoms with Gasteiger partial charge in [-0.05, 0) is 37.8 Å². The minimum atomic E-state index is -0.220. The minimum Gasteiger partial charge on any atom is -0.450 e. The van der Waals surface area contributed by atoms with Gasteiger partial charge in [-0.2, -0.15) is 5.10 Å². The van der Waals surface area contributed by atoms with Gasteiger partial charge in [-0.3, -0.25) is 0 Å². The van der Waals surface area contributed by atoms with Crippen LogP contribution in [0, 0.1) is 0 Å². The Morgan fingerprint density at radius 1 is 1.27 bits per heavy atom. The van der Waals surface area contributed by atoms with Crippen LogP contribution in [-0.4, -0.2) is 64.0 Å². The highest BCUT2D eigenvalue weighted by atomic mass is 16.6. The number of piperidine rings is 1. The van der Waals surface area contributed by atoms with E-state index in [-0.39, 0.29) is 12.1 Å². The minimum absolute atomic E-state index is 0.220. The number of hydrogen-bond acceptors (Lipinski definition) is 5. The molecule has 9 heteroatoms. The highest BCUT2D eigenvalue weighted by molar-refractivity contribution is 5.80. The van der Waals surface area contributed by atoms with Crippen LogP contribution < -0.4 is 10.6 Å². The first-order chi connectivity index (χ1) is 14.7. The standard InChI is InChI=1S/C21H31N7O2/c1-3-23-20(26-19-8-10-27(11-9-19)21(29)30-4-2)24-13-17-6-5-7-18(12-17)14-28-16-22-15-25-28/h5-7,12,15-16,19H,3-4,8-11,13-14H2,1-2H3,(H2,23,24,26). The molecule has 0 atom stereocenters. The molecule has 1 aliphatic rings. The molecular formula is C21H31N7O2. The predicted molar refractivity (Wildman–Crippen MR) is 115 cm³/mol. The van der Waals surface area contributed by atoms with E-state index in [1.807, 2.05) is 13.0 Å². The van der Waals surface area contributed by atoms with Crippen molar-refractivity contribution in [2.45, 2.75) is 45.8 Å². The van der Waals surface area contributed by atoms with Crippen LogP contribution in [0.4, 0.5) is 4.79 Å². The van der Waals surface area contributed by atoms with Crippen molar-refractivity contribution >= 4 is 12.1 Å². The van der Waals surface area contributed by atoms with Crippen molar-refractivity contribution in [1.82, 2.24) is 30.3 Å². The lowest BCUT2D eigenvalue weighted by atomic mass is 10.1. The van der Waals surface area contributed by atoms with E-state index in [4.69, 9.17) is 9.73 Å². The molecule has 0 radical (unpaired) electrons. The second-order valence-electron chi connectivity index (χ2n) is 7.21. The SMILES string of the molecule is CCNC(=NCc1cccc(Cn2cncn2)c1)NC1CCN(C(=O)OCC)CC1. The van der Waals surface area contributed by atoms with Gasteiger partial charge in [-0.15, -0.1) is 0 Å². The summed E-state index contributed by atoms with van der Waals surface area (Å²) >= 11 is 0. The zero-order valence-electron chi connectivity index (χ0n) is 17.8. The Labute approximate surface area is 177 Å². The van der Waals surface area contributed by atoms with Crippen LogP contribution in [0.3, 0.4) is 0 Å². The van der Waals surface area contributed by atoms with E-state index in [0.29, 0.717) is 32.8 Å². The topological polar surface area (TPSA) is 96.7 Å². The summed E-state index contributed by atoms with van der Waals surface area (Å²) in [5.74, 6) is 0.800. The number of nitrogens with zero attached hydrogens (tertiary/aromatic N) is 5. The summed E-state index contributed by atoms with van der Waals surface area (Å²) in [6.07, 6.45) is 4.78. The fraction of sp³-hybridized carbons (Fsp3) is 0.524. The van der Waals surface area contributed by atoms with Gasteiger partial charge in [0.25, 0.3) is 0 Å². The fourth-order valence-corrected chi connectivity index (χ4v) is 3.43. The second kappa shape index (κ2) is 11.2. The maximum atomic E-state index is 11.9. The molecule has 0 bridgehead atoms. The summed E-state index contributed by atoms with van der Waals surface area (Å²) in [5.41, 5.74) is 2.31. The summed E-state index contributed by atoms with van der Waals surface area (Å²) < 4.78 is 6.89. The number of guanidine groups is 1. The highest BCUT2D eigenvalue weighted by Gasteiger charge is 2.24. The van der Waals surface area contributed by atoms with Crippen LogP contribution in [0.1, 0.15) is 37.8 Å². The van der Waals surface area contributed by atoms with E-state index in [9.17, 15) is 4.79 Å². The van der Waals surface area contributed by atoms with Gasteiger partial charge in [0, 0.05) is 25.7 Å². The third kappa shape index (κ3) is 6.47. The molecule has 2 heterocycles. The van der Waals surface area contributed by atoms with Crippen LogP contribution in [0.5, 0.6) is 0 Å². The second-order valence-corrected chi connectivity index (χ2v) is 7.21. The fourth-order valence-electron chi connectivity index (χ4n) is 3.43. The van der Waals surface area contributed by atoms with E-state index in [1.165, 1.54) is 0 Å². The predicted octanol–water partition coefficient (Wildman–Crippen LogP) is 2.00. The van der Waals surface area contributed by atoms with Crippen LogP contribution in [0.25, 0.3) is 0 Å². The van der Waals surface area contributed by atoms with E-state index in [2.05, 4.69) is 45.8 Å². The van der Waals surface area contributed by atoms with Crippen LogP contribution >= 0.6 is 0 Å². The van der Waals surface area contributed by atoms with Gasteiger partial charge in [0.05, 0.1) is 19.7 Å². The van der Waals surface area contributed by atoms with Gasteiger partial charge in [0.15, 0.2) is 5.96 Å². The molecule has 162 valence electrons. The molecule has 1 aromatic carbocycles. The lowest BCUT2D eigenvalue weighted by Gasteiger charge is -2.32. The van der Waals surface area contributed by atoms with Crippen molar-refractivity contribution < 1.29 is 9.53 Å². The molecule has 3 rings (SSSR count). The maximum Gasteiger partial charge on any atom is 0.409 e. The Balaban J connectivity index is 1.54. The molecule has 9 nitrogen and oxygen atoms in total. The van der Waals surface area contributed by atoms with Crippen molar-refractivity contribution in [3.63, 3.8) is 0 Å². The monoisotopic (exact) mass is 413 g/mol. The van der Waals surface area contributed by atoms with Crippen molar-refractivity contribution in [2.75, 3.05) is 26.2 Å². The van der Waals surface area contributed by atoms with Crippen molar-refractivity contribution in [3.8, 4) is 0 Å². The molecule has 0 unspecified atom stereocenters. The zero-order chi connectivity index (χ0) is 21.2. The molecule has 0 saturated carbocycles. The van der Waals surface area contributed by atoms with E-state index in [0.717, 1.165) is 36.5 Å². The Bertz CT molecular complexity index is 815. The Morgan fingerprint density at radius 3 is 2.77 bits per heavy atom. The average Bonchev–Trinajstić information content (AvgIpc) is 3.26. The van der Waals surface area contributed by atoms with Crippen molar-refractivity contribution in [1.29, 1.82) is 0 Å². The zero-order valence-corrected chi connectivity index (χ0v) is 17.8. The number of rotatable bonds is 7. The Hall–Kier alpha value is -3.10. The summed E-state index contributed by atoms with van der Waals surface area (Å²) in [6, 6.07) is 8.63. The lowest BCUT2D eigenvalue weighted by molar-refractivity contribution is 0.0963. The smallest absolute Gasteiger partial charge is 0.409 e. The first-order valence-corrected chi connectivity index (χ1v) is 10.5. The first-order valence-electron chi connectivity index (χ1n) is 10.5. The number of benzene rings is 1. The molecule has 1 aliphatic heterocycles. The number of carbonyl (C=O) groups is 1. The maximum absolute atomic E-state index is 11.9. The van der Waals surface area contributed by atoms with Gasteiger partial charge in [0.1, 0.15) is 12.7 Å². The largest absolute Gasteiger partial charge is 0.450 e. The van der Waals surface area contributed by atoms with Gasteiger partial charge >= 0.3 is 6.09 Å². The van der Waals surface area contributed by atoms with Crippen LogP contribution in [0.15, 0.2) is 41.9 Å². The van der Waals surface area contributed by atoms with Crippen molar-refractivity contribution in [2.24, 2.45) is 4.99 Å². The number of ether oxygens (including phenoxy) is 1. The van der Waals surface area contributed by atoms with Gasteiger partial charge < -0.3 is 20.3 Å². The van der Waals surface area contributed by atoms with E-state index < -0.39 is 0 Å². The molecule has 30 heavy (non-hydrogen) atoms. The summed E-state index contributed by atoms with van der Waals surface area (Å²) in [5, 5.41) is 11.0. The van der Waals surface area contributed by atoms with E-state index >= 15 is 0 Å². The van der Waals surface area contributed by atoms with Gasteiger partial charge in [-0.25, -0.2) is 19.5 Å². The molecule has 1 aromatic heterocycles. The molecular weight excluding hydrogens is 382 g/mol. The summed E-state index contributed by atoms with van der Waals surface area (Å²) in [6.45, 7) is 7.75. The molecule has 2 aromatic rings. The molecule has 0 aliphatic carbocycles. The third-order valence-electron chi connectivity index (χ3n) is 4.93. The van der Waals surface area contributed by atoms with Crippen LogP contribution in [-0.2, 0) is 17.8 Å². The third-order valence-corrected chi connectivity index (χ3v) is 4.93. The van der Waals surface area contributed by atoms with Crippen LogP contribution in [0.2, 0.25) is 0 Å². The number of aromatic nitrogens is 3. The normalized spacial score (nSPS) is 15.1. The quantitative estimate of drug-likeness (QED) is 0.532. The number of likely N-dealkylation sites (tertiary alicyclic amines) is 1. The van der Waals surface area contributed by atoms with E-state index in [1.54, 1.807) is 22.2 Å². The average molecular weight is 414 g/mol. The number of hydrogen-bond donors (Lipinski definition) is 2. The number of carbonyl (C=O) groups excluding carboxylic acids is 1. The lowest BCUT2D eigenvalue weighted by Crippen LogP contribution is -2.49. The summed E-state index contributed by atoms with van der Waals surface area (Å²) in [4.78, 5) is 22.4. The molecule has 2 N–H and O–H groups in total. The number of aliphatic imine (C=N–C) groups is 1. The first kappa shape index (κ1) is 21.6. The number of amides is 1. The molecule has 1 amide bonds. The molecule has 0 spiro atoms. The summed E-state index contributed by atoms with van der Waals surface area (Å²) in [7, 11) is 0. The van der Waals surface area contributed by atoms with Gasteiger partial charge in [-0.1, -0.05) is 24.3 Å². The molecule has 1 saturated heterocycles. The van der Waals surface area contributed by atoms with Crippen molar-refractivity contribution in [3.05, 3.63) is 48.0 Å². The number of nitrogens with one attached hydrogen (secondary N) is 2. The van der Waals surface area contributed by atoms with Gasteiger partial charge in [0.2, 0.25) is 0 Å².